The van der Waals surface area contributed by atoms with E-state index in [2.05, 4.69) is 12.2 Å². The second kappa shape index (κ2) is 13.6. The molecule has 0 aromatic heterocycles. The predicted molar refractivity (Wildman–Crippen MR) is 109 cm³/mol. The molecule has 5 heteroatoms. The van der Waals surface area contributed by atoms with Crippen LogP contribution in [0.15, 0.2) is 24.3 Å². The number of aliphatic hydroxyl groups excluding tert-OH is 1. The summed E-state index contributed by atoms with van der Waals surface area (Å²) in [6.45, 7) is 3.98. The minimum atomic E-state index is -1.59. The summed E-state index contributed by atoms with van der Waals surface area (Å²) < 4.78 is 5.80. The third kappa shape index (κ3) is 9.78. The van der Waals surface area contributed by atoms with Gasteiger partial charge in [0.05, 0.1) is 6.61 Å². The first-order chi connectivity index (χ1) is 13.0. The van der Waals surface area contributed by atoms with Gasteiger partial charge in [-0.05, 0) is 18.6 Å². The maximum absolute atomic E-state index is 11.4. The molecule has 1 unspecified atom stereocenters. The summed E-state index contributed by atoms with van der Waals surface area (Å²) >= 11 is 0. The maximum Gasteiger partial charge on any atom is 0.219 e. The molecule has 0 aliphatic rings. The lowest BCUT2D eigenvalue weighted by Crippen LogP contribution is -2.45. The molecule has 0 saturated heterocycles. The normalized spacial score (nSPS) is 13.2. The van der Waals surface area contributed by atoms with Crippen LogP contribution in [-0.2, 0) is 10.5 Å². The number of amides is 1. The van der Waals surface area contributed by atoms with Gasteiger partial charge in [0.2, 0.25) is 5.91 Å². The second-order valence-electron chi connectivity index (χ2n) is 7.22. The molecule has 3 N–H and O–H groups in total. The van der Waals surface area contributed by atoms with Crippen molar-refractivity contribution in [1.29, 1.82) is 0 Å². The van der Waals surface area contributed by atoms with Gasteiger partial charge in [0.1, 0.15) is 5.75 Å². The largest absolute Gasteiger partial charge is 0.494 e. The Morgan fingerprint density at radius 2 is 1.70 bits per heavy atom. The molecule has 1 aromatic carbocycles. The number of hydrogen-bond acceptors (Lipinski definition) is 4. The molecule has 0 fully saturated rings. The minimum absolute atomic E-state index is 0.0221. The standard InChI is InChI=1S/C22H37NO4/c1-3-4-5-6-7-8-9-10-11-17-27-21-14-12-13-20(18-21)22(26,15-16-24)23-19(2)25/h12-14,18,24,26H,3-11,15-17H2,1-2H3,(H,23,25). The van der Waals surface area contributed by atoms with Crippen LogP contribution in [-0.4, -0.2) is 29.3 Å². The summed E-state index contributed by atoms with van der Waals surface area (Å²) in [6.07, 6.45) is 11.4. The van der Waals surface area contributed by atoms with E-state index in [0.29, 0.717) is 17.9 Å². The van der Waals surface area contributed by atoms with Gasteiger partial charge in [-0.3, -0.25) is 4.79 Å². The number of benzene rings is 1. The highest BCUT2D eigenvalue weighted by atomic mass is 16.5. The van der Waals surface area contributed by atoms with Gasteiger partial charge in [-0.2, -0.15) is 0 Å². The molecular weight excluding hydrogens is 342 g/mol. The number of aliphatic hydroxyl groups is 2. The molecule has 0 spiro atoms. The molecular formula is C22H37NO4. The molecule has 0 bridgehead atoms. The number of rotatable bonds is 15. The van der Waals surface area contributed by atoms with Crippen molar-refractivity contribution < 1.29 is 19.7 Å². The molecule has 1 atom stereocenters. The van der Waals surface area contributed by atoms with Gasteiger partial charge in [0.15, 0.2) is 5.72 Å². The Balaban J connectivity index is 2.36. The zero-order chi connectivity index (χ0) is 20.0. The highest BCUT2D eigenvalue weighted by molar-refractivity contribution is 5.73. The van der Waals surface area contributed by atoms with Gasteiger partial charge in [-0.25, -0.2) is 0 Å². The van der Waals surface area contributed by atoms with E-state index in [0.717, 1.165) is 12.8 Å². The third-order valence-corrected chi connectivity index (χ3v) is 4.68. The van der Waals surface area contributed by atoms with E-state index in [4.69, 9.17) is 4.74 Å². The molecule has 1 amide bonds. The van der Waals surface area contributed by atoms with Crippen molar-refractivity contribution in [3.8, 4) is 5.75 Å². The summed E-state index contributed by atoms with van der Waals surface area (Å²) in [7, 11) is 0. The molecule has 0 heterocycles. The zero-order valence-corrected chi connectivity index (χ0v) is 17.0. The molecule has 0 aliphatic heterocycles. The topological polar surface area (TPSA) is 78.8 Å². The summed E-state index contributed by atoms with van der Waals surface area (Å²) in [6, 6.07) is 7.06. The molecule has 0 radical (unpaired) electrons. The van der Waals surface area contributed by atoms with Gasteiger partial charge in [0.25, 0.3) is 0 Å². The molecule has 5 nitrogen and oxygen atoms in total. The number of hydrogen-bond donors (Lipinski definition) is 3. The van der Waals surface area contributed by atoms with Gasteiger partial charge in [0, 0.05) is 25.5 Å². The minimum Gasteiger partial charge on any atom is -0.494 e. The monoisotopic (exact) mass is 379 g/mol. The molecule has 1 aromatic rings. The Morgan fingerprint density at radius 3 is 2.30 bits per heavy atom. The number of carbonyl (C=O) groups excluding carboxylic acids is 1. The van der Waals surface area contributed by atoms with Crippen LogP contribution >= 0.6 is 0 Å². The van der Waals surface area contributed by atoms with Crippen LogP contribution in [0.4, 0.5) is 0 Å². The highest BCUT2D eigenvalue weighted by Crippen LogP contribution is 2.25. The fourth-order valence-corrected chi connectivity index (χ4v) is 3.18. The van der Waals surface area contributed by atoms with Crippen molar-refractivity contribution in [2.45, 2.75) is 83.8 Å². The van der Waals surface area contributed by atoms with Gasteiger partial charge in [-0.15, -0.1) is 0 Å². The Kier molecular flexibility index (Phi) is 11.8. The molecule has 0 saturated carbocycles. The zero-order valence-electron chi connectivity index (χ0n) is 17.0. The summed E-state index contributed by atoms with van der Waals surface area (Å²) in [5.74, 6) is 0.306. The third-order valence-electron chi connectivity index (χ3n) is 4.68. The van der Waals surface area contributed by atoms with Crippen LogP contribution in [0.25, 0.3) is 0 Å². The van der Waals surface area contributed by atoms with Gasteiger partial charge in [-0.1, -0.05) is 70.4 Å². The van der Waals surface area contributed by atoms with Crippen LogP contribution in [0, 0.1) is 0 Å². The van der Waals surface area contributed by atoms with Gasteiger partial charge < -0.3 is 20.3 Å². The smallest absolute Gasteiger partial charge is 0.219 e. The fraction of sp³-hybridized carbons (Fsp3) is 0.682. The van der Waals surface area contributed by atoms with E-state index in [1.54, 1.807) is 18.2 Å². The van der Waals surface area contributed by atoms with Crippen molar-refractivity contribution in [3.05, 3.63) is 29.8 Å². The van der Waals surface area contributed by atoms with Gasteiger partial charge >= 0.3 is 0 Å². The van der Waals surface area contributed by atoms with Crippen molar-refractivity contribution in [3.63, 3.8) is 0 Å². The van der Waals surface area contributed by atoms with Crippen molar-refractivity contribution in [1.82, 2.24) is 5.32 Å². The van der Waals surface area contributed by atoms with Crippen LogP contribution in [0.5, 0.6) is 5.75 Å². The molecule has 0 aliphatic carbocycles. The predicted octanol–water partition coefficient (Wildman–Crippen LogP) is 4.26. The van der Waals surface area contributed by atoms with Crippen molar-refractivity contribution in [2.75, 3.05) is 13.2 Å². The number of nitrogens with one attached hydrogen (secondary N) is 1. The van der Waals surface area contributed by atoms with Crippen LogP contribution < -0.4 is 10.1 Å². The second-order valence-corrected chi connectivity index (χ2v) is 7.22. The molecule has 27 heavy (non-hydrogen) atoms. The summed E-state index contributed by atoms with van der Waals surface area (Å²) in [5, 5.41) is 22.4. The lowest BCUT2D eigenvalue weighted by atomic mass is 9.99. The first kappa shape index (κ1) is 23.4. The van der Waals surface area contributed by atoms with E-state index in [1.807, 2.05) is 6.07 Å². The van der Waals surface area contributed by atoms with Crippen LogP contribution in [0.3, 0.4) is 0 Å². The maximum atomic E-state index is 11.4. The van der Waals surface area contributed by atoms with E-state index in [9.17, 15) is 15.0 Å². The Hall–Kier alpha value is -1.59. The Labute approximate surface area is 164 Å². The van der Waals surface area contributed by atoms with Crippen LogP contribution in [0.1, 0.15) is 83.6 Å². The lowest BCUT2D eigenvalue weighted by molar-refractivity contribution is -0.128. The van der Waals surface area contributed by atoms with Crippen molar-refractivity contribution in [2.24, 2.45) is 0 Å². The van der Waals surface area contributed by atoms with Crippen molar-refractivity contribution >= 4 is 5.91 Å². The van der Waals surface area contributed by atoms with E-state index >= 15 is 0 Å². The highest BCUT2D eigenvalue weighted by Gasteiger charge is 2.30. The summed E-state index contributed by atoms with van der Waals surface area (Å²) in [4.78, 5) is 11.4. The number of unbranched alkanes of at least 4 members (excludes halogenated alkanes) is 8. The molecule has 1 rings (SSSR count). The van der Waals surface area contributed by atoms with Crippen LogP contribution in [0.2, 0.25) is 0 Å². The molecule has 154 valence electrons. The number of ether oxygens (including phenoxy) is 1. The first-order valence-electron chi connectivity index (χ1n) is 10.4. The Morgan fingerprint density at radius 1 is 1.07 bits per heavy atom. The lowest BCUT2D eigenvalue weighted by Gasteiger charge is -2.29. The average molecular weight is 380 g/mol. The Bertz CT molecular complexity index is 535. The SMILES string of the molecule is CCCCCCCCCCCOc1cccc(C(O)(CCO)NC(C)=O)c1. The first-order valence-corrected chi connectivity index (χ1v) is 10.4. The number of carbonyl (C=O) groups is 1. The quantitative estimate of drug-likeness (QED) is 0.314. The summed E-state index contributed by atoms with van der Waals surface area (Å²) in [5.41, 5.74) is -1.08. The van der Waals surface area contributed by atoms with E-state index < -0.39 is 5.72 Å². The average Bonchev–Trinajstić information content (AvgIpc) is 2.63. The van der Waals surface area contributed by atoms with E-state index in [1.165, 1.54) is 51.9 Å². The fourth-order valence-electron chi connectivity index (χ4n) is 3.18. The van der Waals surface area contributed by atoms with E-state index in [-0.39, 0.29) is 18.9 Å².